The highest BCUT2D eigenvalue weighted by atomic mass is 16.5. The van der Waals surface area contributed by atoms with Crippen molar-refractivity contribution in [3.05, 3.63) is 96.4 Å². The van der Waals surface area contributed by atoms with Gasteiger partial charge in [0, 0.05) is 55.0 Å². The average Bonchev–Trinajstić information content (AvgIpc) is 3.77. The maximum atomic E-state index is 13.5. The van der Waals surface area contributed by atoms with Crippen LogP contribution >= 0.6 is 0 Å². The molecule has 14 nitrogen and oxygen atoms in total. The summed E-state index contributed by atoms with van der Waals surface area (Å²) >= 11 is 0. The Morgan fingerprint density at radius 1 is 0.938 bits per heavy atom. The molecule has 14 heteroatoms. The fourth-order valence-electron chi connectivity index (χ4n) is 5.26. The van der Waals surface area contributed by atoms with E-state index in [0.717, 1.165) is 11.1 Å². The molecule has 6 rings (SSSR count). The number of aryl methyl sites for hydroxylation is 1. The van der Waals surface area contributed by atoms with Crippen molar-refractivity contribution in [2.75, 3.05) is 26.2 Å². The third-order valence-electron chi connectivity index (χ3n) is 7.70. The molecule has 246 valence electrons. The van der Waals surface area contributed by atoms with Crippen molar-refractivity contribution in [3.8, 4) is 28.5 Å². The molecule has 1 aliphatic rings. The maximum absolute atomic E-state index is 13.5. The summed E-state index contributed by atoms with van der Waals surface area (Å²) in [4.78, 5) is 54.4. The predicted octanol–water partition coefficient (Wildman–Crippen LogP) is 3.24. The SMILES string of the molecule is C[C@@H]1NC(=O)CN(C(=O)CCc2nc(-c3ccncc3)no2)CCCNC(=O)c2cccc(c2)OCCn2nc(-c3ccccc3)nc21. The van der Waals surface area contributed by atoms with Crippen molar-refractivity contribution in [1.29, 1.82) is 0 Å². The number of carbonyl (C=O) groups is 3. The number of rotatable bonds is 5. The third kappa shape index (κ3) is 8.07. The molecule has 1 aliphatic heterocycles. The first-order valence-electron chi connectivity index (χ1n) is 15.7. The van der Waals surface area contributed by atoms with Gasteiger partial charge in [0.15, 0.2) is 5.82 Å². The molecule has 0 radical (unpaired) electrons. The van der Waals surface area contributed by atoms with E-state index in [1.54, 1.807) is 53.5 Å². The number of aromatic nitrogens is 6. The minimum Gasteiger partial charge on any atom is -0.492 e. The van der Waals surface area contributed by atoms with Crippen LogP contribution in [0.1, 0.15) is 47.9 Å². The highest BCUT2D eigenvalue weighted by Crippen LogP contribution is 2.20. The van der Waals surface area contributed by atoms with Gasteiger partial charge in [-0.15, -0.1) is 0 Å². The number of hydrogen-bond donors (Lipinski definition) is 2. The molecule has 0 spiro atoms. The summed E-state index contributed by atoms with van der Waals surface area (Å²) in [5.41, 5.74) is 2.03. The molecule has 0 saturated heterocycles. The number of pyridine rings is 1. The molecule has 2 aromatic carbocycles. The summed E-state index contributed by atoms with van der Waals surface area (Å²) in [7, 11) is 0. The van der Waals surface area contributed by atoms with Crippen LogP contribution in [0, 0.1) is 0 Å². The number of fused-ring (bicyclic) bond motifs is 3. The molecule has 4 heterocycles. The Morgan fingerprint density at radius 3 is 2.56 bits per heavy atom. The highest BCUT2D eigenvalue weighted by molar-refractivity contribution is 5.94. The minimum atomic E-state index is -0.522. The fourth-order valence-corrected chi connectivity index (χ4v) is 5.26. The van der Waals surface area contributed by atoms with Gasteiger partial charge in [0.1, 0.15) is 18.2 Å². The van der Waals surface area contributed by atoms with Crippen LogP contribution in [0.3, 0.4) is 0 Å². The highest BCUT2D eigenvalue weighted by Gasteiger charge is 2.23. The van der Waals surface area contributed by atoms with E-state index >= 15 is 0 Å². The molecular formula is C34H35N9O5. The largest absolute Gasteiger partial charge is 0.492 e. The smallest absolute Gasteiger partial charge is 0.251 e. The van der Waals surface area contributed by atoms with Crippen LogP contribution in [0.2, 0.25) is 0 Å². The zero-order valence-corrected chi connectivity index (χ0v) is 26.4. The summed E-state index contributed by atoms with van der Waals surface area (Å²) in [6, 6.07) is 19.5. The topological polar surface area (TPSA) is 170 Å². The number of amides is 3. The molecular weight excluding hydrogens is 614 g/mol. The van der Waals surface area contributed by atoms with Crippen molar-refractivity contribution in [1.82, 2.24) is 45.4 Å². The molecule has 5 aromatic rings. The number of hydrogen-bond acceptors (Lipinski definition) is 10. The summed E-state index contributed by atoms with van der Waals surface area (Å²) in [6.45, 7) is 2.78. The van der Waals surface area contributed by atoms with Crippen LogP contribution < -0.4 is 15.4 Å². The van der Waals surface area contributed by atoms with Gasteiger partial charge in [0.25, 0.3) is 5.91 Å². The number of benzene rings is 2. The monoisotopic (exact) mass is 649 g/mol. The Kier molecular flexibility index (Phi) is 10.1. The van der Waals surface area contributed by atoms with Gasteiger partial charge >= 0.3 is 0 Å². The van der Waals surface area contributed by atoms with Crippen molar-refractivity contribution < 1.29 is 23.6 Å². The third-order valence-corrected chi connectivity index (χ3v) is 7.70. The number of carbonyl (C=O) groups excluding carboxylic acids is 3. The van der Waals surface area contributed by atoms with E-state index in [1.165, 1.54) is 4.90 Å². The molecule has 3 amide bonds. The molecule has 2 bridgehead atoms. The molecule has 3 aromatic heterocycles. The Morgan fingerprint density at radius 2 is 1.73 bits per heavy atom. The van der Waals surface area contributed by atoms with E-state index in [2.05, 4.69) is 25.8 Å². The van der Waals surface area contributed by atoms with Crippen molar-refractivity contribution in [3.63, 3.8) is 0 Å². The molecule has 0 unspecified atom stereocenters. The first kappa shape index (κ1) is 32.0. The van der Waals surface area contributed by atoms with Crippen molar-refractivity contribution in [2.45, 2.75) is 38.8 Å². The van der Waals surface area contributed by atoms with Gasteiger partial charge in [-0.1, -0.05) is 41.6 Å². The van der Waals surface area contributed by atoms with Gasteiger partial charge in [-0.05, 0) is 43.7 Å². The van der Waals surface area contributed by atoms with Gasteiger partial charge in [0.05, 0.1) is 19.1 Å². The van der Waals surface area contributed by atoms with Crippen molar-refractivity contribution in [2.24, 2.45) is 0 Å². The Labute approximate surface area is 276 Å². The Bertz CT molecular complexity index is 1860. The van der Waals surface area contributed by atoms with E-state index in [1.807, 2.05) is 37.3 Å². The molecule has 2 N–H and O–H groups in total. The lowest BCUT2D eigenvalue weighted by Gasteiger charge is -2.23. The van der Waals surface area contributed by atoms with Gasteiger partial charge < -0.3 is 24.8 Å². The van der Waals surface area contributed by atoms with Crippen LogP contribution in [0.4, 0.5) is 0 Å². The average molecular weight is 650 g/mol. The van der Waals surface area contributed by atoms with Crippen LogP contribution in [-0.4, -0.2) is 78.8 Å². The second-order valence-electron chi connectivity index (χ2n) is 11.2. The first-order chi connectivity index (χ1) is 23.4. The van der Waals surface area contributed by atoms with E-state index in [9.17, 15) is 14.4 Å². The van der Waals surface area contributed by atoms with Crippen molar-refractivity contribution >= 4 is 17.7 Å². The van der Waals surface area contributed by atoms with Gasteiger partial charge in [0.2, 0.25) is 23.5 Å². The second kappa shape index (κ2) is 15.1. The molecule has 1 atom stereocenters. The van der Waals surface area contributed by atoms with Crippen LogP contribution in [0.25, 0.3) is 22.8 Å². The standard InChI is InChI=1S/C34H35N9O5/c1-23-33-39-31(24-7-3-2-4-8-24)40-43(33)19-20-47-27-10-5-9-26(21-27)34(46)36-15-6-18-42(22-28(44)37-23)30(45)12-11-29-38-32(41-48-29)25-13-16-35-17-14-25/h2-5,7-10,13-14,16-17,21,23H,6,11-12,15,18-20,22H2,1H3,(H,36,46)(H,37,44)/t23-/m0/s1. The molecule has 0 saturated carbocycles. The predicted molar refractivity (Wildman–Crippen MR) is 173 cm³/mol. The lowest BCUT2D eigenvalue weighted by molar-refractivity contribution is -0.136. The zero-order chi connectivity index (χ0) is 33.3. The number of ether oxygens (including phenoxy) is 1. The number of nitrogens with zero attached hydrogens (tertiary/aromatic N) is 7. The van der Waals surface area contributed by atoms with Gasteiger partial charge in [-0.3, -0.25) is 19.4 Å². The summed E-state index contributed by atoms with van der Waals surface area (Å²) in [5.74, 6) is 1.42. The first-order valence-corrected chi connectivity index (χ1v) is 15.7. The summed E-state index contributed by atoms with van der Waals surface area (Å²) < 4.78 is 13.0. The van der Waals surface area contributed by atoms with Crippen LogP contribution in [0.5, 0.6) is 5.75 Å². The Balaban J connectivity index is 1.20. The van der Waals surface area contributed by atoms with Crippen LogP contribution in [0.15, 0.2) is 83.6 Å². The zero-order valence-electron chi connectivity index (χ0n) is 26.4. The summed E-state index contributed by atoms with van der Waals surface area (Å²) in [6.07, 6.45) is 3.94. The van der Waals surface area contributed by atoms with E-state index < -0.39 is 6.04 Å². The summed E-state index contributed by atoms with van der Waals surface area (Å²) in [5, 5.41) is 14.6. The van der Waals surface area contributed by atoms with Gasteiger partial charge in [-0.25, -0.2) is 9.67 Å². The number of nitrogens with one attached hydrogen (secondary N) is 2. The minimum absolute atomic E-state index is 0.0503. The van der Waals surface area contributed by atoms with E-state index in [4.69, 9.17) is 19.3 Å². The maximum Gasteiger partial charge on any atom is 0.251 e. The lowest BCUT2D eigenvalue weighted by Crippen LogP contribution is -2.43. The molecule has 48 heavy (non-hydrogen) atoms. The lowest BCUT2D eigenvalue weighted by atomic mass is 10.2. The normalized spacial score (nSPS) is 16.1. The molecule has 0 aliphatic carbocycles. The van der Waals surface area contributed by atoms with E-state index in [-0.39, 0.29) is 50.3 Å². The van der Waals surface area contributed by atoms with Crippen LogP contribution in [-0.2, 0) is 22.6 Å². The quantitative estimate of drug-likeness (QED) is 0.288. The fraction of sp³-hybridized carbons (Fsp3) is 0.294. The Hall–Kier alpha value is -5.92. The second-order valence-corrected chi connectivity index (χ2v) is 11.2. The van der Waals surface area contributed by atoms with E-state index in [0.29, 0.717) is 54.2 Å². The van der Waals surface area contributed by atoms with Gasteiger partial charge in [-0.2, -0.15) is 10.1 Å². The molecule has 0 fully saturated rings.